The van der Waals surface area contributed by atoms with Gasteiger partial charge in [0.25, 0.3) is 5.91 Å². The molecule has 1 aromatic heterocycles. The Morgan fingerprint density at radius 3 is 2.62 bits per heavy atom. The summed E-state index contributed by atoms with van der Waals surface area (Å²) in [7, 11) is 3.11. The molecule has 0 aliphatic heterocycles. The third-order valence-electron chi connectivity index (χ3n) is 3.81. The summed E-state index contributed by atoms with van der Waals surface area (Å²) in [6.45, 7) is 4.74. The summed E-state index contributed by atoms with van der Waals surface area (Å²) in [6.07, 6.45) is 3.37. The second kappa shape index (κ2) is 9.60. The second-order valence-electron chi connectivity index (χ2n) is 5.84. The van der Waals surface area contributed by atoms with E-state index in [4.69, 9.17) is 9.47 Å². The van der Waals surface area contributed by atoms with Gasteiger partial charge < -0.3 is 20.1 Å². The maximum absolute atomic E-state index is 12.6. The van der Waals surface area contributed by atoms with E-state index in [0.717, 1.165) is 25.8 Å². The molecule has 0 atom stereocenters. The van der Waals surface area contributed by atoms with Crippen molar-refractivity contribution >= 4 is 17.4 Å². The average Bonchev–Trinajstić information content (AvgIpc) is 2.65. The van der Waals surface area contributed by atoms with E-state index in [9.17, 15) is 4.79 Å². The van der Waals surface area contributed by atoms with Crippen molar-refractivity contribution in [2.45, 2.75) is 33.1 Å². The number of methoxy groups -OCH3 is 2. The molecule has 7 heteroatoms. The van der Waals surface area contributed by atoms with Crippen LogP contribution in [0.3, 0.4) is 0 Å². The number of nitrogens with zero attached hydrogens (tertiary/aromatic N) is 2. The highest BCUT2D eigenvalue weighted by Gasteiger charge is 2.14. The fourth-order valence-corrected chi connectivity index (χ4v) is 2.45. The van der Waals surface area contributed by atoms with Crippen LogP contribution in [-0.4, -0.2) is 36.6 Å². The first-order chi connectivity index (χ1) is 12.6. The van der Waals surface area contributed by atoms with Crippen molar-refractivity contribution in [3.8, 4) is 11.5 Å². The van der Waals surface area contributed by atoms with E-state index < -0.39 is 0 Å². The molecular formula is C19H26N4O3. The van der Waals surface area contributed by atoms with Gasteiger partial charge >= 0.3 is 0 Å². The summed E-state index contributed by atoms with van der Waals surface area (Å²) < 4.78 is 10.5. The van der Waals surface area contributed by atoms with Crippen LogP contribution >= 0.6 is 0 Å². The first-order valence-electron chi connectivity index (χ1n) is 8.70. The van der Waals surface area contributed by atoms with E-state index in [1.165, 1.54) is 7.11 Å². The van der Waals surface area contributed by atoms with Gasteiger partial charge in [0.15, 0.2) is 0 Å². The molecule has 7 nitrogen and oxygen atoms in total. The van der Waals surface area contributed by atoms with Crippen molar-refractivity contribution in [1.29, 1.82) is 0 Å². The number of ether oxygens (including phenoxy) is 2. The lowest BCUT2D eigenvalue weighted by Gasteiger charge is -2.12. The van der Waals surface area contributed by atoms with Crippen molar-refractivity contribution in [3.05, 3.63) is 35.8 Å². The van der Waals surface area contributed by atoms with Gasteiger partial charge in [-0.2, -0.15) is 0 Å². The van der Waals surface area contributed by atoms with Gasteiger partial charge in [-0.1, -0.05) is 19.8 Å². The third kappa shape index (κ3) is 5.34. The van der Waals surface area contributed by atoms with E-state index in [1.807, 2.05) is 0 Å². The number of carbonyl (C=O) groups excluding carboxylic acids is 1. The maximum atomic E-state index is 12.6. The predicted molar refractivity (Wildman–Crippen MR) is 102 cm³/mol. The number of hydrogen-bond acceptors (Lipinski definition) is 6. The van der Waals surface area contributed by atoms with Gasteiger partial charge in [0, 0.05) is 18.7 Å². The minimum absolute atomic E-state index is 0.299. The first-order valence-corrected chi connectivity index (χ1v) is 8.70. The SMILES string of the molecule is CCCCCNc1cc(C(=O)Nc2ccc(OC)cc2OC)nc(C)n1. The second-order valence-corrected chi connectivity index (χ2v) is 5.84. The van der Waals surface area contributed by atoms with Crippen LogP contribution in [-0.2, 0) is 0 Å². The normalized spacial score (nSPS) is 10.3. The van der Waals surface area contributed by atoms with Gasteiger partial charge in [-0.05, 0) is 25.5 Å². The van der Waals surface area contributed by atoms with E-state index in [1.54, 1.807) is 38.3 Å². The van der Waals surface area contributed by atoms with Crippen LogP contribution in [0.5, 0.6) is 11.5 Å². The molecule has 140 valence electrons. The minimum atomic E-state index is -0.324. The summed E-state index contributed by atoms with van der Waals surface area (Å²) >= 11 is 0. The Balaban J connectivity index is 2.13. The molecule has 0 radical (unpaired) electrons. The summed E-state index contributed by atoms with van der Waals surface area (Å²) in [5, 5.41) is 6.07. The molecule has 0 aliphatic rings. The highest BCUT2D eigenvalue weighted by molar-refractivity contribution is 6.04. The predicted octanol–water partition coefficient (Wildman–Crippen LogP) is 3.66. The summed E-state index contributed by atoms with van der Waals surface area (Å²) in [6, 6.07) is 6.85. The molecular weight excluding hydrogens is 332 g/mol. The number of amides is 1. The van der Waals surface area contributed by atoms with E-state index in [0.29, 0.717) is 34.5 Å². The molecule has 2 aromatic rings. The zero-order valence-corrected chi connectivity index (χ0v) is 15.8. The summed E-state index contributed by atoms with van der Waals surface area (Å²) in [5.74, 6) is 2.03. The van der Waals surface area contributed by atoms with Gasteiger partial charge in [-0.25, -0.2) is 9.97 Å². The molecule has 2 rings (SSSR count). The van der Waals surface area contributed by atoms with Crippen LogP contribution in [0.15, 0.2) is 24.3 Å². The molecule has 0 bridgehead atoms. The van der Waals surface area contributed by atoms with E-state index >= 15 is 0 Å². The molecule has 26 heavy (non-hydrogen) atoms. The summed E-state index contributed by atoms with van der Waals surface area (Å²) in [4.78, 5) is 21.2. The van der Waals surface area contributed by atoms with Crippen LogP contribution in [0.2, 0.25) is 0 Å². The molecule has 2 N–H and O–H groups in total. The standard InChI is InChI=1S/C19H26N4O3/c1-5-6-7-10-20-18-12-16(21-13(2)22-18)19(24)23-15-9-8-14(25-3)11-17(15)26-4/h8-9,11-12H,5-7,10H2,1-4H3,(H,23,24)(H,20,21,22). The van der Waals surface area contributed by atoms with Crippen LogP contribution < -0.4 is 20.1 Å². The fraction of sp³-hybridized carbons (Fsp3) is 0.421. The number of aryl methyl sites for hydroxylation is 1. The molecule has 0 aliphatic carbocycles. The van der Waals surface area contributed by atoms with Gasteiger partial charge in [-0.15, -0.1) is 0 Å². The smallest absolute Gasteiger partial charge is 0.274 e. The zero-order valence-electron chi connectivity index (χ0n) is 15.8. The largest absolute Gasteiger partial charge is 0.497 e. The fourth-order valence-electron chi connectivity index (χ4n) is 2.45. The first kappa shape index (κ1) is 19.5. The molecule has 0 unspecified atom stereocenters. The van der Waals surface area contributed by atoms with Crippen LogP contribution in [0.25, 0.3) is 0 Å². The number of anilines is 2. The number of aromatic nitrogens is 2. The Morgan fingerprint density at radius 1 is 1.12 bits per heavy atom. The van der Waals surface area contributed by atoms with E-state index in [-0.39, 0.29) is 5.91 Å². The summed E-state index contributed by atoms with van der Waals surface area (Å²) in [5.41, 5.74) is 0.848. The van der Waals surface area contributed by atoms with Crippen molar-refractivity contribution in [3.63, 3.8) is 0 Å². The van der Waals surface area contributed by atoms with E-state index in [2.05, 4.69) is 27.5 Å². The number of hydrogen-bond donors (Lipinski definition) is 2. The number of nitrogens with one attached hydrogen (secondary N) is 2. The Bertz CT molecular complexity index is 750. The molecule has 1 amide bonds. The maximum Gasteiger partial charge on any atom is 0.274 e. The lowest BCUT2D eigenvalue weighted by molar-refractivity contribution is 0.102. The molecule has 1 heterocycles. The molecule has 0 spiro atoms. The Morgan fingerprint density at radius 2 is 1.92 bits per heavy atom. The number of carbonyl (C=O) groups is 1. The quantitative estimate of drug-likeness (QED) is 0.666. The van der Waals surface area contributed by atoms with Crippen molar-refractivity contribution in [2.75, 3.05) is 31.4 Å². The minimum Gasteiger partial charge on any atom is -0.497 e. The van der Waals surface area contributed by atoms with Crippen molar-refractivity contribution in [2.24, 2.45) is 0 Å². The van der Waals surface area contributed by atoms with Gasteiger partial charge in [0.05, 0.1) is 19.9 Å². The Hall–Kier alpha value is -2.83. The number of rotatable bonds is 9. The van der Waals surface area contributed by atoms with Crippen molar-refractivity contribution in [1.82, 2.24) is 9.97 Å². The molecule has 0 saturated carbocycles. The van der Waals surface area contributed by atoms with Crippen molar-refractivity contribution < 1.29 is 14.3 Å². The highest BCUT2D eigenvalue weighted by Crippen LogP contribution is 2.29. The molecule has 1 aromatic carbocycles. The van der Waals surface area contributed by atoms with Gasteiger partial charge in [0.2, 0.25) is 0 Å². The lowest BCUT2D eigenvalue weighted by atomic mass is 10.2. The average molecular weight is 358 g/mol. The van der Waals surface area contributed by atoms with Gasteiger partial charge in [0.1, 0.15) is 28.8 Å². The lowest BCUT2D eigenvalue weighted by Crippen LogP contribution is -2.16. The topological polar surface area (TPSA) is 85.4 Å². The van der Waals surface area contributed by atoms with Crippen LogP contribution in [0, 0.1) is 6.92 Å². The Kier molecular flexibility index (Phi) is 7.20. The van der Waals surface area contributed by atoms with Crippen LogP contribution in [0.1, 0.15) is 42.5 Å². The molecule has 0 saturated heterocycles. The third-order valence-corrected chi connectivity index (χ3v) is 3.81. The number of benzene rings is 1. The molecule has 0 fully saturated rings. The number of unbranched alkanes of at least 4 members (excludes halogenated alkanes) is 2. The van der Waals surface area contributed by atoms with Crippen LogP contribution in [0.4, 0.5) is 11.5 Å². The Labute approximate surface area is 154 Å². The highest BCUT2D eigenvalue weighted by atomic mass is 16.5. The zero-order chi connectivity index (χ0) is 18.9. The van der Waals surface area contributed by atoms with Gasteiger partial charge in [-0.3, -0.25) is 4.79 Å². The monoisotopic (exact) mass is 358 g/mol.